The van der Waals surface area contributed by atoms with Crippen molar-refractivity contribution in [3.8, 4) is 0 Å². The highest BCUT2D eigenvalue weighted by molar-refractivity contribution is 6.33. The molecule has 0 saturated carbocycles. The van der Waals surface area contributed by atoms with E-state index in [0.717, 1.165) is 24.5 Å². The van der Waals surface area contributed by atoms with Crippen molar-refractivity contribution in [3.63, 3.8) is 0 Å². The highest BCUT2D eigenvalue weighted by Crippen LogP contribution is 2.34. The molecule has 0 aliphatic rings. The maximum absolute atomic E-state index is 12.8. The minimum Gasteiger partial charge on any atom is -0.349 e. The lowest BCUT2D eigenvalue weighted by atomic mass is 10.2. The van der Waals surface area contributed by atoms with Gasteiger partial charge in [0.25, 0.3) is 5.91 Å². The van der Waals surface area contributed by atoms with Gasteiger partial charge in [-0.05, 0) is 32.0 Å². The number of anilines is 2. The molecule has 2 rings (SSSR count). The van der Waals surface area contributed by atoms with Crippen molar-refractivity contribution in [1.29, 1.82) is 0 Å². The lowest BCUT2D eigenvalue weighted by Gasteiger charge is -2.12. The number of carbonyl (C=O) groups is 1. The molecule has 9 heteroatoms. The third-order valence-corrected chi connectivity index (χ3v) is 3.21. The Balaban J connectivity index is 2.27. The highest BCUT2D eigenvalue weighted by Gasteiger charge is 2.31. The van der Waals surface area contributed by atoms with Crippen molar-refractivity contribution in [3.05, 3.63) is 46.9 Å². The van der Waals surface area contributed by atoms with E-state index >= 15 is 0 Å². The van der Waals surface area contributed by atoms with Gasteiger partial charge in [0.05, 0.1) is 16.3 Å². The van der Waals surface area contributed by atoms with E-state index < -0.39 is 17.6 Å². The number of hydrogen-bond donors (Lipinski definition) is 2. The summed E-state index contributed by atoms with van der Waals surface area (Å²) in [7, 11) is 0. The Hall–Kier alpha value is -2.35. The van der Waals surface area contributed by atoms with Crippen molar-refractivity contribution >= 4 is 29.0 Å². The van der Waals surface area contributed by atoms with Crippen molar-refractivity contribution in [2.24, 2.45) is 0 Å². The van der Waals surface area contributed by atoms with Gasteiger partial charge in [0, 0.05) is 12.1 Å². The van der Waals surface area contributed by atoms with Crippen LogP contribution in [0.25, 0.3) is 0 Å². The molecule has 1 heterocycles. The van der Waals surface area contributed by atoms with E-state index in [1.54, 1.807) is 13.8 Å². The predicted octanol–water partition coefficient (Wildman–Crippen LogP) is 4.03. The van der Waals surface area contributed by atoms with Crippen LogP contribution in [-0.2, 0) is 6.18 Å². The number of nitrogens with zero attached hydrogens (tertiary/aromatic N) is 2. The van der Waals surface area contributed by atoms with E-state index in [0.29, 0.717) is 0 Å². The third-order valence-electron chi connectivity index (χ3n) is 2.88. The molecule has 0 unspecified atom stereocenters. The zero-order chi connectivity index (χ0) is 17.9. The Morgan fingerprint density at radius 3 is 2.54 bits per heavy atom. The van der Waals surface area contributed by atoms with Crippen LogP contribution >= 0.6 is 11.6 Å². The average molecular weight is 359 g/mol. The minimum absolute atomic E-state index is 0.0282. The van der Waals surface area contributed by atoms with Gasteiger partial charge in [-0.25, -0.2) is 9.97 Å². The summed E-state index contributed by atoms with van der Waals surface area (Å²) in [5.41, 5.74) is -0.731. The topological polar surface area (TPSA) is 66.9 Å². The van der Waals surface area contributed by atoms with E-state index in [2.05, 4.69) is 20.6 Å². The molecule has 1 aromatic heterocycles. The molecule has 0 saturated heterocycles. The van der Waals surface area contributed by atoms with Gasteiger partial charge in [0.1, 0.15) is 17.8 Å². The Morgan fingerprint density at radius 2 is 1.92 bits per heavy atom. The second-order valence-electron chi connectivity index (χ2n) is 5.23. The molecule has 5 nitrogen and oxygen atoms in total. The van der Waals surface area contributed by atoms with Crippen LogP contribution in [0.3, 0.4) is 0 Å². The number of amides is 1. The van der Waals surface area contributed by atoms with Crippen LogP contribution in [0.15, 0.2) is 30.6 Å². The molecule has 1 aromatic carbocycles. The number of rotatable bonds is 4. The molecule has 0 spiro atoms. The van der Waals surface area contributed by atoms with E-state index in [1.807, 2.05) is 0 Å². The van der Waals surface area contributed by atoms with Crippen molar-refractivity contribution in [2.75, 3.05) is 5.32 Å². The zero-order valence-electron chi connectivity index (χ0n) is 12.8. The average Bonchev–Trinajstić information content (AvgIpc) is 2.48. The first-order valence-corrected chi connectivity index (χ1v) is 7.31. The quantitative estimate of drug-likeness (QED) is 0.866. The molecule has 0 bridgehead atoms. The van der Waals surface area contributed by atoms with Gasteiger partial charge in [-0.3, -0.25) is 4.79 Å². The molecule has 0 radical (unpaired) electrons. The largest absolute Gasteiger partial charge is 0.416 e. The number of aromatic nitrogens is 2. The fourth-order valence-corrected chi connectivity index (χ4v) is 1.99. The molecule has 0 aliphatic carbocycles. The van der Waals surface area contributed by atoms with Crippen LogP contribution in [0.4, 0.5) is 24.7 Å². The van der Waals surface area contributed by atoms with Gasteiger partial charge in [0.2, 0.25) is 0 Å². The fraction of sp³-hybridized carbons (Fsp3) is 0.267. The Morgan fingerprint density at radius 1 is 1.21 bits per heavy atom. The molecule has 0 fully saturated rings. The van der Waals surface area contributed by atoms with E-state index in [1.165, 1.54) is 6.07 Å². The van der Waals surface area contributed by atoms with Gasteiger partial charge in [-0.2, -0.15) is 13.2 Å². The lowest BCUT2D eigenvalue weighted by molar-refractivity contribution is -0.137. The van der Waals surface area contributed by atoms with Crippen LogP contribution in [0.2, 0.25) is 5.02 Å². The van der Waals surface area contributed by atoms with E-state index in [9.17, 15) is 18.0 Å². The summed E-state index contributed by atoms with van der Waals surface area (Å²) in [5, 5.41) is 5.42. The van der Waals surface area contributed by atoms with Gasteiger partial charge in [-0.1, -0.05) is 11.6 Å². The van der Waals surface area contributed by atoms with Crippen molar-refractivity contribution in [2.45, 2.75) is 26.1 Å². The molecule has 0 atom stereocenters. The summed E-state index contributed by atoms with van der Waals surface area (Å²) >= 11 is 5.91. The third kappa shape index (κ3) is 4.58. The molecule has 2 aromatic rings. The summed E-state index contributed by atoms with van der Waals surface area (Å²) in [4.78, 5) is 19.6. The maximum Gasteiger partial charge on any atom is 0.416 e. The number of alkyl halides is 3. The van der Waals surface area contributed by atoms with Crippen molar-refractivity contribution in [1.82, 2.24) is 15.3 Å². The smallest absolute Gasteiger partial charge is 0.349 e. The Kier molecular flexibility index (Phi) is 5.28. The van der Waals surface area contributed by atoms with Crippen LogP contribution in [0.5, 0.6) is 0 Å². The van der Waals surface area contributed by atoms with Crippen LogP contribution in [0, 0.1) is 0 Å². The summed E-state index contributed by atoms with van der Waals surface area (Å²) in [5.74, 6) is -0.259. The number of benzene rings is 1. The second-order valence-corrected chi connectivity index (χ2v) is 5.64. The van der Waals surface area contributed by atoms with Crippen LogP contribution < -0.4 is 10.6 Å². The first-order chi connectivity index (χ1) is 11.2. The number of nitrogens with one attached hydrogen (secondary N) is 2. The predicted molar refractivity (Wildman–Crippen MR) is 84.4 cm³/mol. The van der Waals surface area contributed by atoms with E-state index in [4.69, 9.17) is 11.6 Å². The molecule has 0 aliphatic heterocycles. The van der Waals surface area contributed by atoms with Crippen molar-refractivity contribution < 1.29 is 18.0 Å². The number of halogens is 4. The number of carbonyl (C=O) groups excluding carboxylic acids is 1. The van der Waals surface area contributed by atoms with Gasteiger partial charge >= 0.3 is 6.18 Å². The molecule has 1 amide bonds. The Bertz CT molecular complexity index is 750. The summed E-state index contributed by atoms with van der Waals surface area (Å²) in [6.07, 6.45) is -3.35. The van der Waals surface area contributed by atoms with Crippen LogP contribution in [-0.4, -0.2) is 21.9 Å². The molecular weight excluding hydrogens is 345 g/mol. The van der Waals surface area contributed by atoms with Crippen LogP contribution in [0.1, 0.15) is 29.9 Å². The SMILES string of the molecule is CC(C)NC(=O)c1cc(Nc2cc(C(F)(F)F)ccc2Cl)ncn1. The highest BCUT2D eigenvalue weighted by atomic mass is 35.5. The first kappa shape index (κ1) is 18.0. The Labute approximate surface area is 141 Å². The normalized spacial score (nSPS) is 11.5. The summed E-state index contributed by atoms with van der Waals surface area (Å²) < 4.78 is 38.3. The molecule has 128 valence electrons. The fourth-order valence-electron chi connectivity index (χ4n) is 1.82. The zero-order valence-corrected chi connectivity index (χ0v) is 13.5. The monoisotopic (exact) mass is 358 g/mol. The lowest BCUT2D eigenvalue weighted by Crippen LogP contribution is -2.30. The maximum atomic E-state index is 12.8. The van der Waals surface area contributed by atoms with Gasteiger partial charge < -0.3 is 10.6 Å². The minimum atomic E-state index is -4.49. The molecule has 24 heavy (non-hydrogen) atoms. The van der Waals surface area contributed by atoms with E-state index in [-0.39, 0.29) is 28.3 Å². The van der Waals surface area contributed by atoms with Gasteiger partial charge in [0.15, 0.2) is 0 Å². The second kappa shape index (κ2) is 7.04. The molecule has 2 N–H and O–H groups in total. The number of hydrogen-bond acceptors (Lipinski definition) is 4. The first-order valence-electron chi connectivity index (χ1n) is 6.93. The molecular formula is C15H14ClF3N4O. The standard InChI is InChI=1S/C15H14ClF3N4O/c1-8(2)22-14(24)12-6-13(21-7-20-12)23-11-5-9(15(17,18)19)3-4-10(11)16/h3-8H,1-2H3,(H,22,24)(H,20,21,23). The van der Waals surface area contributed by atoms with Gasteiger partial charge in [-0.15, -0.1) is 0 Å². The summed E-state index contributed by atoms with van der Waals surface area (Å²) in [6, 6.07) is 4.14. The summed E-state index contributed by atoms with van der Waals surface area (Å²) in [6.45, 7) is 3.58.